The fourth-order valence-corrected chi connectivity index (χ4v) is 2.10. The zero-order valence-corrected chi connectivity index (χ0v) is 9.54. The zero-order valence-electron chi connectivity index (χ0n) is 9.54. The lowest BCUT2D eigenvalue weighted by Crippen LogP contribution is -2.50. The molecular weight excluding hydrogens is 176 g/mol. The van der Waals surface area contributed by atoms with Crippen LogP contribution in [0.2, 0.25) is 0 Å². The molecule has 1 aliphatic heterocycles. The van der Waals surface area contributed by atoms with E-state index in [4.69, 9.17) is 10.5 Å². The molecule has 0 amide bonds. The predicted molar refractivity (Wildman–Crippen MR) is 59.4 cm³/mol. The topological polar surface area (TPSA) is 38.5 Å². The van der Waals surface area contributed by atoms with Crippen molar-refractivity contribution in [2.75, 3.05) is 26.2 Å². The minimum absolute atomic E-state index is 0.426. The molecule has 0 saturated carbocycles. The van der Waals surface area contributed by atoms with E-state index in [9.17, 15) is 0 Å². The first-order valence-electron chi connectivity index (χ1n) is 5.87. The number of hydrogen-bond acceptors (Lipinski definition) is 3. The lowest BCUT2D eigenvalue weighted by molar-refractivity contribution is -0.0442. The van der Waals surface area contributed by atoms with Gasteiger partial charge in [0.2, 0.25) is 0 Å². The van der Waals surface area contributed by atoms with E-state index in [0.717, 1.165) is 32.7 Å². The van der Waals surface area contributed by atoms with Crippen molar-refractivity contribution in [3.8, 4) is 0 Å². The molecule has 0 radical (unpaired) electrons. The standard InChI is InChI=1S/C11H24N2O/c1-3-5-10(8-12)13-6-7-14-11(4-2)9-13/h10-11H,3-9,12H2,1-2H3. The Morgan fingerprint density at radius 3 is 2.86 bits per heavy atom. The van der Waals surface area contributed by atoms with Gasteiger partial charge in [0.1, 0.15) is 0 Å². The summed E-state index contributed by atoms with van der Waals surface area (Å²) in [5.41, 5.74) is 5.79. The fourth-order valence-electron chi connectivity index (χ4n) is 2.10. The van der Waals surface area contributed by atoms with Crippen LogP contribution in [0.1, 0.15) is 33.1 Å². The molecule has 1 fully saturated rings. The van der Waals surface area contributed by atoms with Crippen LogP contribution in [0.15, 0.2) is 0 Å². The monoisotopic (exact) mass is 200 g/mol. The molecule has 1 aliphatic rings. The number of morpholine rings is 1. The smallest absolute Gasteiger partial charge is 0.0700 e. The number of rotatable bonds is 5. The van der Waals surface area contributed by atoms with Gasteiger partial charge in [-0.3, -0.25) is 4.90 Å². The second-order valence-electron chi connectivity index (χ2n) is 4.07. The first kappa shape index (κ1) is 12.0. The fraction of sp³-hybridized carbons (Fsp3) is 1.00. The van der Waals surface area contributed by atoms with Gasteiger partial charge in [0.05, 0.1) is 12.7 Å². The number of nitrogens with zero attached hydrogens (tertiary/aromatic N) is 1. The Hall–Kier alpha value is -0.120. The van der Waals surface area contributed by atoms with Gasteiger partial charge in [0.25, 0.3) is 0 Å². The number of nitrogens with two attached hydrogens (primary N) is 1. The Morgan fingerprint density at radius 1 is 1.50 bits per heavy atom. The Labute approximate surface area is 87.6 Å². The van der Waals surface area contributed by atoms with E-state index < -0.39 is 0 Å². The van der Waals surface area contributed by atoms with Crippen molar-refractivity contribution < 1.29 is 4.74 Å². The summed E-state index contributed by atoms with van der Waals surface area (Å²) in [6, 6.07) is 0.568. The normalized spacial score (nSPS) is 26.4. The van der Waals surface area contributed by atoms with Crippen molar-refractivity contribution in [1.82, 2.24) is 4.90 Å². The maximum atomic E-state index is 5.79. The molecule has 1 rings (SSSR count). The first-order chi connectivity index (χ1) is 6.81. The second kappa shape index (κ2) is 6.38. The molecule has 3 heteroatoms. The number of ether oxygens (including phenoxy) is 1. The van der Waals surface area contributed by atoms with Gasteiger partial charge in [-0.25, -0.2) is 0 Å². The van der Waals surface area contributed by atoms with E-state index >= 15 is 0 Å². The van der Waals surface area contributed by atoms with Crippen LogP contribution < -0.4 is 5.73 Å². The molecule has 0 aliphatic carbocycles. The summed E-state index contributed by atoms with van der Waals surface area (Å²) in [6.45, 7) is 8.19. The Bertz CT molecular complexity index is 152. The molecule has 3 nitrogen and oxygen atoms in total. The average Bonchev–Trinajstić information content (AvgIpc) is 2.26. The molecule has 2 unspecified atom stereocenters. The van der Waals surface area contributed by atoms with Crippen molar-refractivity contribution in [2.24, 2.45) is 5.73 Å². The van der Waals surface area contributed by atoms with E-state index in [2.05, 4.69) is 18.7 Å². The Balaban J connectivity index is 2.40. The van der Waals surface area contributed by atoms with Gasteiger partial charge >= 0.3 is 0 Å². The van der Waals surface area contributed by atoms with Crippen molar-refractivity contribution in [3.63, 3.8) is 0 Å². The van der Waals surface area contributed by atoms with Gasteiger partial charge in [-0.2, -0.15) is 0 Å². The largest absolute Gasteiger partial charge is 0.376 e. The van der Waals surface area contributed by atoms with Gasteiger partial charge in [-0.1, -0.05) is 20.3 Å². The van der Waals surface area contributed by atoms with Crippen LogP contribution in [-0.2, 0) is 4.74 Å². The first-order valence-corrected chi connectivity index (χ1v) is 5.87. The third-order valence-electron chi connectivity index (χ3n) is 3.04. The second-order valence-corrected chi connectivity index (χ2v) is 4.07. The summed E-state index contributed by atoms with van der Waals surface area (Å²) in [5.74, 6) is 0. The Morgan fingerprint density at radius 2 is 2.29 bits per heavy atom. The van der Waals surface area contributed by atoms with Crippen LogP contribution in [0.3, 0.4) is 0 Å². The van der Waals surface area contributed by atoms with Gasteiger partial charge < -0.3 is 10.5 Å². The summed E-state index contributed by atoms with van der Waals surface area (Å²) in [5, 5.41) is 0. The van der Waals surface area contributed by atoms with Gasteiger partial charge in [0.15, 0.2) is 0 Å². The third-order valence-corrected chi connectivity index (χ3v) is 3.04. The molecular formula is C11H24N2O. The maximum Gasteiger partial charge on any atom is 0.0700 e. The molecule has 0 aromatic heterocycles. The van der Waals surface area contributed by atoms with E-state index in [1.807, 2.05) is 0 Å². The van der Waals surface area contributed by atoms with Crippen molar-refractivity contribution in [1.29, 1.82) is 0 Å². The molecule has 0 spiro atoms. The minimum atomic E-state index is 0.426. The highest BCUT2D eigenvalue weighted by atomic mass is 16.5. The lowest BCUT2D eigenvalue weighted by atomic mass is 10.1. The molecule has 84 valence electrons. The highest BCUT2D eigenvalue weighted by molar-refractivity contribution is 4.78. The maximum absolute atomic E-state index is 5.79. The zero-order chi connectivity index (χ0) is 10.4. The molecule has 1 saturated heterocycles. The van der Waals surface area contributed by atoms with Gasteiger partial charge in [-0.05, 0) is 12.8 Å². The highest BCUT2D eigenvalue weighted by Crippen LogP contribution is 2.13. The van der Waals surface area contributed by atoms with Crippen LogP contribution >= 0.6 is 0 Å². The van der Waals surface area contributed by atoms with Crippen molar-refractivity contribution >= 4 is 0 Å². The predicted octanol–water partition coefficient (Wildman–Crippen LogP) is 1.22. The molecule has 2 N–H and O–H groups in total. The lowest BCUT2D eigenvalue weighted by Gasteiger charge is -2.37. The average molecular weight is 200 g/mol. The van der Waals surface area contributed by atoms with Crippen molar-refractivity contribution in [3.05, 3.63) is 0 Å². The van der Waals surface area contributed by atoms with Crippen LogP contribution in [0, 0.1) is 0 Å². The Kier molecular flexibility index (Phi) is 5.45. The summed E-state index contributed by atoms with van der Waals surface area (Å²) in [7, 11) is 0. The molecule has 2 atom stereocenters. The quantitative estimate of drug-likeness (QED) is 0.725. The third kappa shape index (κ3) is 3.23. The van der Waals surface area contributed by atoms with E-state index in [1.54, 1.807) is 0 Å². The van der Waals surface area contributed by atoms with Crippen LogP contribution in [-0.4, -0.2) is 43.3 Å². The van der Waals surface area contributed by atoms with E-state index in [1.165, 1.54) is 12.8 Å². The molecule has 14 heavy (non-hydrogen) atoms. The summed E-state index contributed by atoms with van der Waals surface area (Å²) >= 11 is 0. The van der Waals surface area contributed by atoms with E-state index in [0.29, 0.717) is 12.1 Å². The van der Waals surface area contributed by atoms with Crippen LogP contribution in [0.5, 0.6) is 0 Å². The highest BCUT2D eigenvalue weighted by Gasteiger charge is 2.23. The van der Waals surface area contributed by atoms with Crippen LogP contribution in [0.25, 0.3) is 0 Å². The van der Waals surface area contributed by atoms with Gasteiger partial charge in [0, 0.05) is 25.7 Å². The molecule has 0 bridgehead atoms. The molecule has 1 heterocycles. The number of hydrogen-bond donors (Lipinski definition) is 1. The minimum Gasteiger partial charge on any atom is -0.376 e. The molecule has 0 aromatic rings. The summed E-state index contributed by atoms with van der Waals surface area (Å²) in [4.78, 5) is 2.50. The van der Waals surface area contributed by atoms with E-state index in [-0.39, 0.29) is 0 Å². The summed E-state index contributed by atoms with van der Waals surface area (Å²) < 4.78 is 5.65. The SMILES string of the molecule is CCCC(CN)N1CCOC(CC)C1. The van der Waals surface area contributed by atoms with Crippen LogP contribution in [0.4, 0.5) is 0 Å². The van der Waals surface area contributed by atoms with Crippen molar-refractivity contribution in [2.45, 2.75) is 45.3 Å². The van der Waals surface area contributed by atoms with Gasteiger partial charge in [-0.15, -0.1) is 0 Å². The summed E-state index contributed by atoms with van der Waals surface area (Å²) in [6.07, 6.45) is 3.97. The molecule has 0 aromatic carbocycles.